The second-order valence-electron chi connectivity index (χ2n) is 11.7. The van der Waals surface area contributed by atoms with Crippen LogP contribution in [-0.4, -0.2) is 102 Å². The van der Waals surface area contributed by atoms with Gasteiger partial charge in [-0.2, -0.15) is 0 Å². The predicted molar refractivity (Wildman–Crippen MR) is 166 cm³/mol. The predicted octanol–water partition coefficient (Wildman–Crippen LogP) is 1.58. The number of hydrogen-bond acceptors (Lipinski definition) is 7. The molecule has 2 aromatic rings. The third-order valence-electron chi connectivity index (χ3n) is 8.76. The van der Waals surface area contributed by atoms with Gasteiger partial charge in [0.25, 0.3) is 11.8 Å². The number of urea groups is 1. The number of anilines is 1. The third-order valence-corrected chi connectivity index (χ3v) is 8.76. The van der Waals surface area contributed by atoms with Crippen molar-refractivity contribution >= 4 is 35.3 Å². The van der Waals surface area contributed by atoms with Crippen LogP contribution in [0.5, 0.6) is 5.75 Å². The largest absolute Gasteiger partial charge is 0.497 e. The number of terminal acetylenes is 1. The topological polar surface area (TPSA) is 132 Å². The van der Waals surface area contributed by atoms with E-state index in [2.05, 4.69) is 28.4 Å². The molecule has 12 nitrogen and oxygen atoms in total. The van der Waals surface area contributed by atoms with E-state index in [0.29, 0.717) is 30.7 Å². The molecule has 0 aliphatic carbocycles. The van der Waals surface area contributed by atoms with Gasteiger partial charge >= 0.3 is 6.03 Å². The van der Waals surface area contributed by atoms with Gasteiger partial charge in [0.15, 0.2) is 0 Å². The van der Waals surface area contributed by atoms with E-state index in [-0.39, 0.29) is 30.3 Å². The number of likely N-dealkylation sites (N-methyl/N-ethyl adjacent to an activating group) is 1. The average molecular weight is 615 g/mol. The van der Waals surface area contributed by atoms with Crippen LogP contribution in [0.2, 0.25) is 0 Å². The molecule has 6 rings (SSSR count). The number of benzene rings is 2. The Morgan fingerprint density at radius 1 is 1.07 bits per heavy atom. The van der Waals surface area contributed by atoms with Crippen molar-refractivity contribution in [1.82, 2.24) is 25.3 Å². The fourth-order valence-electron chi connectivity index (χ4n) is 6.12. The number of nitrogens with one attached hydrogen (secondary N) is 2. The molecule has 2 N–H and O–H groups in total. The molecule has 4 aliphatic heterocycles. The first-order valence-corrected chi connectivity index (χ1v) is 15.1. The van der Waals surface area contributed by atoms with Crippen molar-refractivity contribution in [1.29, 1.82) is 0 Å². The summed E-state index contributed by atoms with van der Waals surface area (Å²) in [5, 5.41) is 4.75. The molecule has 45 heavy (non-hydrogen) atoms. The highest BCUT2D eigenvalue weighted by molar-refractivity contribution is 6.07. The maximum atomic E-state index is 12.9. The molecule has 0 bridgehead atoms. The molecule has 4 aliphatic rings. The standard InChI is InChI=1S/C19H23N3O2.C14H15N3O4/c1-3-15-5-7-16(8-6-15)22-17(9-10-18(22)23)19(24)21-13-11-20(4-2)12-14-21;1-14(12(19)15-13(20)16-14)7-17-6-8-3-4-9(21-2)5-10(8)11(17)18/h1,5-8,17H,4,9-14H2,2H3;3-5H,6-7H2,1-2H3,(H2,15,16,19,20)/t;14-/m.1/s1. The molecule has 236 valence electrons. The molecule has 4 heterocycles. The Bertz CT molecular complexity index is 1540. The van der Waals surface area contributed by atoms with Crippen molar-refractivity contribution in [3.05, 3.63) is 59.2 Å². The van der Waals surface area contributed by atoms with Crippen LogP contribution in [0, 0.1) is 12.3 Å². The highest BCUT2D eigenvalue weighted by Gasteiger charge is 2.45. The Hall–Kier alpha value is -4.89. The Balaban J connectivity index is 0.000000179. The summed E-state index contributed by atoms with van der Waals surface area (Å²) < 4.78 is 5.12. The lowest BCUT2D eigenvalue weighted by Crippen LogP contribution is -2.54. The minimum Gasteiger partial charge on any atom is -0.497 e. The van der Waals surface area contributed by atoms with Crippen molar-refractivity contribution in [2.75, 3.05) is 51.3 Å². The van der Waals surface area contributed by atoms with Crippen LogP contribution in [0.3, 0.4) is 0 Å². The van der Waals surface area contributed by atoms with Gasteiger partial charge in [-0.25, -0.2) is 4.79 Å². The lowest BCUT2D eigenvalue weighted by Gasteiger charge is -2.36. The number of hydrogen-bond donors (Lipinski definition) is 2. The number of imide groups is 1. The van der Waals surface area contributed by atoms with E-state index in [0.717, 1.165) is 49.5 Å². The summed E-state index contributed by atoms with van der Waals surface area (Å²) in [5.74, 6) is 2.67. The first-order chi connectivity index (χ1) is 21.6. The Labute approximate surface area is 262 Å². The number of amides is 6. The Kier molecular flexibility index (Phi) is 9.11. The van der Waals surface area contributed by atoms with Gasteiger partial charge in [-0.3, -0.25) is 29.4 Å². The minimum absolute atomic E-state index is 0.00834. The van der Waals surface area contributed by atoms with Gasteiger partial charge in [-0.15, -0.1) is 6.42 Å². The second kappa shape index (κ2) is 13.0. The normalized spacial score (nSPS) is 22.8. The van der Waals surface area contributed by atoms with E-state index in [9.17, 15) is 24.0 Å². The Morgan fingerprint density at radius 3 is 2.38 bits per heavy atom. The van der Waals surface area contributed by atoms with Crippen molar-refractivity contribution in [2.45, 2.75) is 44.8 Å². The highest BCUT2D eigenvalue weighted by Crippen LogP contribution is 2.30. The molecule has 3 fully saturated rings. The summed E-state index contributed by atoms with van der Waals surface area (Å²) in [6.45, 7) is 8.57. The quantitative estimate of drug-likeness (QED) is 0.373. The van der Waals surface area contributed by atoms with Gasteiger partial charge in [0.2, 0.25) is 11.8 Å². The van der Waals surface area contributed by atoms with Gasteiger partial charge in [0.05, 0.1) is 13.7 Å². The van der Waals surface area contributed by atoms with Gasteiger partial charge < -0.3 is 24.8 Å². The number of carbonyl (C=O) groups excluding carboxylic acids is 5. The zero-order valence-electron chi connectivity index (χ0n) is 25.8. The fraction of sp³-hybridized carbons (Fsp3) is 0.424. The van der Waals surface area contributed by atoms with E-state index in [4.69, 9.17) is 11.2 Å². The van der Waals surface area contributed by atoms with Crippen molar-refractivity contribution in [2.24, 2.45) is 0 Å². The van der Waals surface area contributed by atoms with Crippen molar-refractivity contribution in [3.63, 3.8) is 0 Å². The molecule has 2 aromatic carbocycles. The maximum absolute atomic E-state index is 12.9. The maximum Gasteiger partial charge on any atom is 0.322 e. The van der Waals surface area contributed by atoms with Crippen molar-refractivity contribution in [3.8, 4) is 18.1 Å². The van der Waals surface area contributed by atoms with Crippen LogP contribution in [0.15, 0.2) is 42.5 Å². The van der Waals surface area contributed by atoms with Crippen molar-refractivity contribution < 1.29 is 28.7 Å². The number of methoxy groups -OCH3 is 1. The van der Waals surface area contributed by atoms with E-state index in [1.165, 1.54) is 0 Å². The number of rotatable bonds is 6. The van der Waals surface area contributed by atoms with E-state index >= 15 is 0 Å². The number of piperazine rings is 1. The second-order valence-corrected chi connectivity index (χ2v) is 11.7. The molecule has 3 saturated heterocycles. The summed E-state index contributed by atoms with van der Waals surface area (Å²) in [4.78, 5) is 68.2. The summed E-state index contributed by atoms with van der Waals surface area (Å²) >= 11 is 0. The molecular formula is C33H38N6O6. The molecule has 0 spiro atoms. The molecule has 0 radical (unpaired) electrons. The average Bonchev–Trinajstić information content (AvgIpc) is 3.67. The first-order valence-electron chi connectivity index (χ1n) is 15.1. The van der Waals surface area contributed by atoms with Crippen LogP contribution in [0.4, 0.5) is 10.5 Å². The van der Waals surface area contributed by atoms with Crippen LogP contribution in [0.25, 0.3) is 0 Å². The number of fused-ring (bicyclic) bond motifs is 1. The SMILES string of the molecule is C#Cc1ccc(N2C(=O)CCC2C(=O)N2CCN(CC)CC2)cc1.COc1ccc2c(c1)C(=O)N(C[C@@]1(C)NC(=O)NC1=O)C2. The number of ether oxygens (including phenoxy) is 1. The minimum atomic E-state index is -1.10. The smallest absolute Gasteiger partial charge is 0.322 e. The summed E-state index contributed by atoms with van der Waals surface area (Å²) in [7, 11) is 1.54. The molecule has 1 unspecified atom stereocenters. The zero-order chi connectivity index (χ0) is 32.3. The van der Waals surface area contributed by atoms with E-state index in [1.807, 2.05) is 35.2 Å². The van der Waals surface area contributed by atoms with Gasteiger partial charge in [-0.1, -0.05) is 18.9 Å². The van der Waals surface area contributed by atoms with Crippen LogP contribution in [0.1, 0.15) is 48.2 Å². The van der Waals surface area contributed by atoms with E-state index < -0.39 is 17.5 Å². The summed E-state index contributed by atoms with van der Waals surface area (Å²) in [5.41, 5.74) is 1.88. The summed E-state index contributed by atoms with van der Waals surface area (Å²) in [6.07, 6.45) is 6.39. The molecule has 6 amide bonds. The fourth-order valence-corrected chi connectivity index (χ4v) is 6.12. The third kappa shape index (κ3) is 6.49. The lowest BCUT2D eigenvalue weighted by atomic mass is 10.0. The molecule has 12 heteroatoms. The van der Waals surface area contributed by atoms with E-state index in [1.54, 1.807) is 36.0 Å². The molecule has 0 saturated carbocycles. The van der Waals surface area contributed by atoms with Gasteiger partial charge in [0.1, 0.15) is 17.3 Å². The molecule has 0 aromatic heterocycles. The lowest BCUT2D eigenvalue weighted by molar-refractivity contribution is -0.134. The summed E-state index contributed by atoms with van der Waals surface area (Å²) in [6, 6.07) is 11.7. The van der Waals surface area contributed by atoms with Gasteiger partial charge in [-0.05, 0) is 61.9 Å². The molecule has 2 atom stereocenters. The van der Waals surface area contributed by atoms with Crippen LogP contribution >= 0.6 is 0 Å². The van der Waals surface area contributed by atoms with Gasteiger partial charge in [0, 0.05) is 56.0 Å². The first kappa shape index (κ1) is 31.5. The molecular weight excluding hydrogens is 576 g/mol. The Morgan fingerprint density at radius 2 is 1.78 bits per heavy atom. The van der Waals surface area contributed by atoms with Crippen LogP contribution in [-0.2, 0) is 20.9 Å². The zero-order valence-corrected chi connectivity index (χ0v) is 25.8. The number of carbonyl (C=O) groups is 5. The number of nitrogens with zero attached hydrogens (tertiary/aromatic N) is 4. The monoisotopic (exact) mass is 614 g/mol. The highest BCUT2D eigenvalue weighted by atomic mass is 16.5. The van der Waals surface area contributed by atoms with Crippen LogP contribution < -0.4 is 20.3 Å².